The van der Waals surface area contributed by atoms with Crippen LogP contribution in [0.4, 0.5) is 4.39 Å². The van der Waals surface area contributed by atoms with Gasteiger partial charge in [-0.25, -0.2) is 17.5 Å². The molecule has 0 aliphatic heterocycles. The van der Waals surface area contributed by atoms with E-state index in [1.807, 2.05) is 25.1 Å². The topological polar surface area (TPSA) is 88.0 Å². The largest absolute Gasteiger partial charge is 0.360 e. The Bertz CT molecular complexity index is 1280. The van der Waals surface area contributed by atoms with Gasteiger partial charge in [0, 0.05) is 23.0 Å². The highest BCUT2D eigenvalue weighted by Crippen LogP contribution is 2.31. The van der Waals surface area contributed by atoms with Crippen molar-refractivity contribution in [3.63, 3.8) is 0 Å². The van der Waals surface area contributed by atoms with Crippen LogP contribution in [-0.2, 0) is 16.6 Å². The van der Waals surface area contributed by atoms with Gasteiger partial charge in [0.05, 0.1) is 11.9 Å². The Morgan fingerprint density at radius 1 is 1.18 bits per heavy atom. The lowest BCUT2D eigenvalue weighted by Crippen LogP contribution is -2.23. The standard InChI is InChI=1S/C20H18FN3O3S/c1-12-16-9-14(10-23-28(25,26)19-11-22-27-13(19)2)7-8-18(16)24-20(12)15-5-3-4-6-17(15)21/h3-9,11,23-24H,10H2,1-2H3. The van der Waals surface area contributed by atoms with Gasteiger partial charge in [-0.1, -0.05) is 23.4 Å². The molecule has 0 atom stereocenters. The highest BCUT2D eigenvalue weighted by atomic mass is 32.2. The summed E-state index contributed by atoms with van der Waals surface area (Å²) in [4.78, 5) is 3.27. The Balaban J connectivity index is 1.65. The summed E-state index contributed by atoms with van der Waals surface area (Å²) in [6.07, 6.45) is 1.18. The number of halogens is 1. The van der Waals surface area contributed by atoms with Gasteiger partial charge >= 0.3 is 0 Å². The first-order chi connectivity index (χ1) is 13.4. The van der Waals surface area contributed by atoms with Crippen LogP contribution in [0.5, 0.6) is 0 Å². The van der Waals surface area contributed by atoms with Crippen LogP contribution in [0.1, 0.15) is 16.9 Å². The predicted octanol–water partition coefficient (Wildman–Crippen LogP) is 4.06. The number of aromatic amines is 1. The summed E-state index contributed by atoms with van der Waals surface area (Å²) in [5.74, 6) is -0.0619. The number of H-pyrrole nitrogens is 1. The molecule has 0 spiro atoms. The summed E-state index contributed by atoms with van der Waals surface area (Å²) in [7, 11) is -3.72. The molecule has 0 amide bonds. The van der Waals surface area contributed by atoms with E-state index in [-0.39, 0.29) is 23.0 Å². The number of benzene rings is 2. The van der Waals surface area contributed by atoms with Crippen LogP contribution in [0.25, 0.3) is 22.2 Å². The average molecular weight is 399 g/mol. The molecule has 4 aromatic rings. The Hall–Kier alpha value is -2.97. The van der Waals surface area contributed by atoms with Crippen molar-refractivity contribution in [2.45, 2.75) is 25.3 Å². The van der Waals surface area contributed by atoms with E-state index in [2.05, 4.69) is 14.9 Å². The van der Waals surface area contributed by atoms with Crippen LogP contribution >= 0.6 is 0 Å². The van der Waals surface area contributed by atoms with E-state index in [0.29, 0.717) is 11.3 Å². The van der Waals surface area contributed by atoms with Gasteiger partial charge < -0.3 is 9.51 Å². The fourth-order valence-electron chi connectivity index (χ4n) is 3.22. The normalized spacial score (nSPS) is 12.0. The number of hydrogen-bond donors (Lipinski definition) is 2. The molecule has 0 saturated carbocycles. The molecule has 0 bridgehead atoms. The first kappa shape index (κ1) is 18.4. The number of nitrogens with zero attached hydrogens (tertiary/aromatic N) is 1. The van der Waals surface area contributed by atoms with E-state index in [9.17, 15) is 12.8 Å². The minimum atomic E-state index is -3.72. The number of fused-ring (bicyclic) bond motifs is 1. The third kappa shape index (κ3) is 3.21. The van der Waals surface area contributed by atoms with E-state index in [4.69, 9.17) is 4.52 Å². The van der Waals surface area contributed by atoms with Crippen LogP contribution in [-0.4, -0.2) is 18.6 Å². The van der Waals surface area contributed by atoms with Gasteiger partial charge in [-0.2, -0.15) is 0 Å². The summed E-state index contributed by atoms with van der Waals surface area (Å²) in [6.45, 7) is 3.57. The zero-order valence-corrected chi connectivity index (χ0v) is 16.1. The zero-order chi connectivity index (χ0) is 19.9. The van der Waals surface area contributed by atoms with E-state index < -0.39 is 10.0 Å². The van der Waals surface area contributed by atoms with Crippen LogP contribution in [0.2, 0.25) is 0 Å². The first-order valence-corrected chi connectivity index (χ1v) is 10.1. The second-order valence-corrected chi connectivity index (χ2v) is 8.29. The van der Waals surface area contributed by atoms with Crippen molar-refractivity contribution in [2.24, 2.45) is 0 Å². The molecule has 0 unspecified atom stereocenters. The molecule has 28 heavy (non-hydrogen) atoms. The number of rotatable bonds is 5. The monoisotopic (exact) mass is 399 g/mol. The Labute approximate surface area is 161 Å². The average Bonchev–Trinajstić information content (AvgIpc) is 3.25. The minimum absolute atomic E-state index is 0.0215. The first-order valence-electron chi connectivity index (χ1n) is 8.64. The van der Waals surface area contributed by atoms with Crippen LogP contribution in [0.15, 0.2) is 58.1 Å². The zero-order valence-electron chi connectivity index (χ0n) is 15.3. The molecule has 0 fully saturated rings. The summed E-state index contributed by atoms with van der Waals surface area (Å²) in [6, 6.07) is 12.2. The third-order valence-electron chi connectivity index (χ3n) is 4.73. The number of sulfonamides is 1. The van der Waals surface area contributed by atoms with E-state index in [1.165, 1.54) is 12.3 Å². The molecule has 0 aliphatic carbocycles. The van der Waals surface area contributed by atoms with Crippen LogP contribution < -0.4 is 4.72 Å². The molecule has 2 N–H and O–H groups in total. The van der Waals surface area contributed by atoms with Crippen molar-refractivity contribution in [3.8, 4) is 11.3 Å². The van der Waals surface area contributed by atoms with Crippen LogP contribution in [0, 0.1) is 19.7 Å². The summed E-state index contributed by atoms with van der Waals surface area (Å²) < 4.78 is 46.3. The smallest absolute Gasteiger partial charge is 0.245 e. The van der Waals surface area contributed by atoms with Crippen molar-refractivity contribution in [3.05, 3.63) is 71.4 Å². The fourth-order valence-corrected chi connectivity index (χ4v) is 4.33. The second kappa shape index (κ2) is 6.88. The van der Waals surface area contributed by atoms with Crippen molar-refractivity contribution in [2.75, 3.05) is 0 Å². The number of aryl methyl sites for hydroxylation is 2. The number of aromatic nitrogens is 2. The fraction of sp³-hybridized carbons (Fsp3) is 0.150. The third-order valence-corrected chi connectivity index (χ3v) is 6.22. The molecule has 0 saturated heterocycles. The summed E-state index contributed by atoms with van der Waals surface area (Å²) in [5.41, 5.74) is 3.76. The molecule has 2 aromatic carbocycles. The van der Waals surface area contributed by atoms with E-state index in [0.717, 1.165) is 22.0 Å². The van der Waals surface area contributed by atoms with Gasteiger partial charge in [-0.05, 0) is 49.2 Å². The molecule has 8 heteroatoms. The molecule has 2 heterocycles. The second-order valence-electron chi connectivity index (χ2n) is 6.56. The Kier molecular flexibility index (Phi) is 4.52. The molecule has 144 valence electrons. The molecule has 0 aliphatic rings. The van der Waals surface area contributed by atoms with E-state index in [1.54, 1.807) is 25.1 Å². The van der Waals surface area contributed by atoms with Crippen molar-refractivity contribution in [1.82, 2.24) is 14.9 Å². The molecular formula is C20H18FN3O3S. The highest BCUT2D eigenvalue weighted by molar-refractivity contribution is 7.89. The lowest BCUT2D eigenvalue weighted by molar-refractivity contribution is 0.394. The van der Waals surface area contributed by atoms with Gasteiger partial charge in [-0.15, -0.1) is 0 Å². The molecule has 0 radical (unpaired) electrons. The maximum Gasteiger partial charge on any atom is 0.245 e. The minimum Gasteiger partial charge on any atom is -0.360 e. The summed E-state index contributed by atoms with van der Waals surface area (Å²) >= 11 is 0. The lowest BCUT2D eigenvalue weighted by atomic mass is 10.0. The summed E-state index contributed by atoms with van der Waals surface area (Å²) in [5, 5.41) is 4.42. The van der Waals surface area contributed by atoms with Gasteiger partial charge in [0.1, 0.15) is 10.7 Å². The van der Waals surface area contributed by atoms with E-state index >= 15 is 0 Å². The highest BCUT2D eigenvalue weighted by Gasteiger charge is 2.20. The Morgan fingerprint density at radius 2 is 1.96 bits per heavy atom. The SMILES string of the molecule is Cc1oncc1S(=O)(=O)NCc1ccc2[nH]c(-c3ccccc3F)c(C)c2c1. The van der Waals surface area contributed by atoms with Crippen molar-refractivity contribution >= 4 is 20.9 Å². The van der Waals surface area contributed by atoms with Gasteiger partial charge in [0.2, 0.25) is 10.0 Å². The molecule has 2 aromatic heterocycles. The quantitative estimate of drug-likeness (QED) is 0.530. The lowest BCUT2D eigenvalue weighted by Gasteiger charge is -2.06. The number of hydrogen-bond acceptors (Lipinski definition) is 4. The maximum absolute atomic E-state index is 14.2. The number of nitrogens with one attached hydrogen (secondary N) is 2. The van der Waals surface area contributed by atoms with Gasteiger partial charge in [0.15, 0.2) is 5.76 Å². The molecular weight excluding hydrogens is 381 g/mol. The van der Waals surface area contributed by atoms with Crippen molar-refractivity contribution in [1.29, 1.82) is 0 Å². The van der Waals surface area contributed by atoms with Crippen LogP contribution in [0.3, 0.4) is 0 Å². The Morgan fingerprint density at radius 3 is 2.68 bits per heavy atom. The molecule has 4 rings (SSSR count). The maximum atomic E-state index is 14.2. The predicted molar refractivity (Wildman–Crippen MR) is 104 cm³/mol. The van der Waals surface area contributed by atoms with Gasteiger partial charge in [-0.3, -0.25) is 0 Å². The van der Waals surface area contributed by atoms with Crippen molar-refractivity contribution < 1.29 is 17.3 Å². The molecule has 6 nitrogen and oxygen atoms in total. The van der Waals surface area contributed by atoms with Gasteiger partial charge in [0.25, 0.3) is 0 Å².